The van der Waals surface area contributed by atoms with Crippen molar-refractivity contribution in [2.75, 3.05) is 0 Å². The molecule has 0 spiro atoms. The average molecular weight is 568 g/mol. The van der Waals surface area contributed by atoms with E-state index in [2.05, 4.69) is 0 Å². The zero-order valence-corrected chi connectivity index (χ0v) is 20.6. The van der Waals surface area contributed by atoms with Gasteiger partial charge in [0.1, 0.15) is 65.2 Å². The maximum atomic E-state index is 13.5. The van der Waals surface area contributed by atoms with Gasteiger partial charge in [-0.1, -0.05) is 0 Å². The molecule has 0 aliphatic carbocycles. The smallest absolute Gasteiger partial charge is 0.239 e. The van der Waals surface area contributed by atoms with Crippen LogP contribution in [0, 0.1) is 0 Å². The summed E-state index contributed by atoms with van der Waals surface area (Å²) in [7, 11) is 0. The molecule has 1 fully saturated rings. The fourth-order valence-electron chi connectivity index (χ4n) is 4.28. The van der Waals surface area contributed by atoms with Crippen molar-refractivity contribution in [3.63, 3.8) is 0 Å². The van der Waals surface area contributed by atoms with Crippen molar-refractivity contribution < 1.29 is 70.1 Å². The maximum absolute atomic E-state index is 13.5. The molecule has 15 nitrogen and oxygen atoms in total. The van der Waals surface area contributed by atoms with E-state index >= 15 is 0 Å². The summed E-state index contributed by atoms with van der Waals surface area (Å²) in [5, 5.41) is 111. The molecule has 218 valence electrons. The minimum atomic E-state index is -2.15. The first-order valence-electron chi connectivity index (χ1n) is 11.9. The number of phenols is 4. The van der Waals surface area contributed by atoms with E-state index in [1.807, 2.05) is 0 Å². The number of aliphatic hydroxyl groups is 7. The van der Waals surface area contributed by atoms with Crippen LogP contribution in [0.2, 0.25) is 0 Å². The quantitative estimate of drug-likeness (QED) is 0.137. The van der Waals surface area contributed by atoms with E-state index in [0.717, 1.165) is 31.2 Å². The summed E-state index contributed by atoms with van der Waals surface area (Å²) in [6, 6.07) is 5.06. The molecule has 1 aliphatic heterocycles. The molecule has 40 heavy (non-hydrogen) atoms. The Balaban J connectivity index is 1.82. The predicted octanol–water partition coefficient (Wildman–Crippen LogP) is -2.07. The summed E-state index contributed by atoms with van der Waals surface area (Å²) in [5.41, 5.74) is -1.49. The molecule has 1 unspecified atom stereocenters. The van der Waals surface area contributed by atoms with Crippen molar-refractivity contribution in [1.82, 2.24) is 0 Å². The van der Waals surface area contributed by atoms with Gasteiger partial charge in [0, 0.05) is 17.7 Å². The lowest BCUT2D eigenvalue weighted by atomic mass is 9.90. The molecule has 1 aromatic heterocycles. The first-order valence-corrected chi connectivity index (χ1v) is 11.9. The Bertz CT molecular complexity index is 1440. The van der Waals surface area contributed by atoms with Crippen molar-refractivity contribution in [2.24, 2.45) is 0 Å². The van der Waals surface area contributed by atoms with Crippen LogP contribution in [0.25, 0.3) is 22.3 Å². The van der Waals surface area contributed by atoms with Crippen molar-refractivity contribution in [3.8, 4) is 40.1 Å². The van der Waals surface area contributed by atoms with Gasteiger partial charge >= 0.3 is 0 Å². The second-order valence-electron chi connectivity index (χ2n) is 9.40. The molecule has 11 N–H and O–H groups in total. The van der Waals surface area contributed by atoms with Crippen LogP contribution in [0.5, 0.6) is 28.7 Å². The summed E-state index contributed by atoms with van der Waals surface area (Å²) in [6.07, 6.45) is -17.9. The molecule has 4 rings (SSSR count). The lowest BCUT2D eigenvalue weighted by Gasteiger charge is -2.43. The highest BCUT2D eigenvalue weighted by atomic mass is 16.7. The number of aliphatic hydroxyl groups excluding tert-OH is 7. The fraction of sp³-hybridized carbons (Fsp3) is 0.400. The molecule has 1 aliphatic rings. The Morgan fingerprint density at radius 2 is 1.50 bits per heavy atom. The highest BCUT2D eigenvalue weighted by molar-refractivity contribution is 5.88. The van der Waals surface area contributed by atoms with E-state index in [1.165, 1.54) is 6.07 Å². The Labute approximate surface area is 224 Å². The van der Waals surface area contributed by atoms with Gasteiger partial charge in [0.15, 0.2) is 17.3 Å². The minimum Gasteiger partial charge on any atom is -0.508 e. The zero-order valence-electron chi connectivity index (χ0n) is 20.6. The number of benzene rings is 2. The summed E-state index contributed by atoms with van der Waals surface area (Å²) in [6.45, 7) is 1.11. The molecule has 3 aromatic rings. The van der Waals surface area contributed by atoms with Gasteiger partial charge in [0.25, 0.3) is 0 Å². The van der Waals surface area contributed by atoms with Crippen LogP contribution in [0.15, 0.2) is 39.5 Å². The molecule has 0 radical (unpaired) electrons. The summed E-state index contributed by atoms with van der Waals surface area (Å²) in [4.78, 5) is 13.5. The number of ether oxygens (including phenoxy) is 2. The molecular formula is C25H28O15. The molecule has 0 saturated carbocycles. The van der Waals surface area contributed by atoms with Crippen molar-refractivity contribution in [3.05, 3.63) is 40.6 Å². The monoisotopic (exact) mass is 568 g/mol. The minimum absolute atomic E-state index is 0.0786. The Morgan fingerprint density at radius 1 is 0.825 bits per heavy atom. The van der Waals surface area contributed by atoms with Crippen LogP contribution < -0.4 is 10.2 Å². The molecule has 15 heteroatoms. The maximum Gasteiger partial charge on any atom is 0.239 e. The summed E-state index contributed by atoms with van der Waals surface area (Å²) in [5.74, 6) is -3.59. The van der Waals surface area contributed by atoms with E-state index in [0.29, 0.717) is 0 Å². The first-order chi connectivity index (χ1) is 18.7. The van der Waals surface area contributed by atoms with Gasteiger partial charge in [-0.25, -0.2) is 0 Å². The van der Waals surface area contributed by atoms with Gasteiger partial charge < -0.3 is 70.1 Å². The lowest BCUT2D eigenvalue weighted by Crippen LogP contribution is -2.64. The summed E-state index contributed by atoms with van der Waals surface area (Å²) >= 11 is 0. The Morgan fingerprint density at radius 3 is 2.12 bits per heavy atom. The first kappa shape index (κ1) is 29.3. The predicted molar refractivity (Wildman–Crippen MR) is 132 cm³/mol. The number of fused-ring (bicyclic) bond motifs is 1. The highest BCUT2D eigenvalue weighted by Crippen LogP contribution is 2.39. The van der Waals surface area contributed by atoms with Crippen LogP contribution in [0.1, 0.15) is 6.92 Å². The largest absolute Gasteiger partial charge is 0.508 e. The third-order valence-corrected chi connectivity index (χ3v) is 6.53. The fourth-order valence-corrected chi connectivity index (χ4v) is 4.28. The third kappa shape index (κ3) is 5.24. The second-order valence-corrected chi connectivity index (χ2v) is 9.40. The van der Waals surface area contributed by atoms with E-state index in [-0.39, 0.29) is 11.1 Å². The van der Waals surface area contributed by atoms with Crippen molar-refractivity contribution in [1.29, 1.82) is 0 Å². The van der Waals surface area contributed by atoms with Gasteiger partial charge in [-0.2, -0.15) is 0 Å². The van der Waals surface area contributed by atoms with Crippen LogP contribution >= 0.6 is 0 Å². The van der Waals surface area contributed by atoms with Crippen molar-refractivity contribution in [2.45, 2.75) is 62.0 Å². The zero-order chi connectivity index (χ0) is 29.6. The number of hydrogen-bond donors (Lipinski definition) is 11. The Hall–Kier alpha value is -3.67. The van der Waals surface area contributed by atoms with E-state index in [4.69, 9.17) is 13.9 Å². The molecular weight excluding hydrogens is 540 g/mol. The Kier molecular flexibility index (Phi) is 8.11. The van der Waals surface area contributed by atoms with E-state index in [1.54, 1.807) is 0 Å². The standard InChI is InChI=1S/C25H28O15/c1-7(26)15(31)17(33)19(35)23-20(36)18(34)21(37)25(39-23)40-24-16(32)14-12(30)5-9(27)6-13(14)38-22(24)8-2-3-10(28)11(29)4-8/h2-7,15,17-21,23,25-31,33-37H,1H3/t7-,15-,17+,18+,19-,20+,21-,23-,25?/m1/s1. The van der Waals surface area contributed by atoms with Crippen LogP contribution in [-0.2, 0) is 4.74 Å². The topological polar surface area (TPSA) is 271 Å². The number of hydrogen-bond acceptors (Lipinski definition) is 15. The van der Waals surface area contributed by atoms with Crippen molar-refractivity contribution >= 4 is 11.0 Å². The SMILES string of the molecule is C[C@@H](O)[C@@H](O)[C@H](O)[C@@H](O)[C@H]1OC(Oc2c(-c3ccc(O)c(O)c3)oc3cc(O)cc(O)c3c2=O)[C@H](O)[C@@H](O)[C@@H]1O. The van der Waals surface area contributed by atoms with Gasteiger partial charge in [-0.3, -0.25) is 4.79 Å². The van der Waals surface area contributed by atoms with E-state index < -0.39 is 100 Å². The average Bonchev–Trinajstić information content (AvgIpc) is 2.89. The molecule has 9 atom stereocenters. The second kappa shape index (κ2) is 11.1. The van der Waals surface area contributed by atoms with Crippen LogP contribution in [0.4, 0.5) is 0 Å². The summed E-state index contributed by atoms with van der Waals surface area (Å²) < 4.78 is 16.6. The highest BCUT2D eigenvalue weighted by Gasteiger charge is 2.50. The molecule has 0 amide bonds. The number of aromatic hydroxyl groups is 4. The number of phenolic OH excluding ortho intramolecular Hbond substituents is 4. The number of rotatable bonds is 7. The van der Waals surface area contributed by atoms with E-state index in [9.17, 15) is 61.0 Å². The van der Waals surface area contributed by atoms with Gasteiger partial charge in [-0.05, 0) is 25.1 Å². The molecule has 2 aromatic carbocycles. The van der Waals surface area contributed by atoms with Gasteiger partial charge in [0.2, 0.25) is 17.5 Å². The van der Waals surface area contributed by atoms with Gasteiger partial charge in [0.05, 0.1) is 6.10 Å². The molecule has 0 bridgehead atoms. The van der Waals surface area contributed by atoms with Gasteiger partial charge in [-0.15, -0.1) is 0 Å². The normalized spacial score (nSPS) is 26.2. The third-order valence-electron chi connectivity index (χ3n) is 6.53. The lowest BCUT2D eigenvalue weighted by molar-refractivity contribution is -0.298. The van der Waals surface area contributed by atoms with Crippen LogP contribution in [-0.4, -0.2) is 111 Å². The molecule has 1 saturated heterocycles. The van der Waals surface area contributed by atoms with Crippen LogP contribution in [0.3, 0.4) is 0 Å². The molecule has 2 heterocycles.